The van der Waals surface area contributed by atoms with Gasteiger partial charge in [-0.05, 0) is 24.6 Å². The van der Waals surface area contributed by atoms with Crippen molar-refractivity contribution < 1.29 is 0 Å². The van der Waals surface area contributed by atoms with Gasteiger partial charge >= 0.3 is 0 Å². The summed E-state index contributed by atoms with van der Waals surface area (Å²) in [4.78, 5) is 4.48. The first-order chi connectivity index (χ1) is 7.16. The highest BCUT2D eigenvalue weighted by atomic mass is 15.2. The third-order valence-electron chi connectivity index (χ3n) is 2.94. The van der Waals surface area contributed by atoms with E-state index in [1.807, 2.05) is 0 Å². The summed E-state index contributed by atoms with van der Waals surface area (Å²) in [6, 6.07) is 8.95. The molecule has 0 aromatic heterocycles. The summed E-state index contributed by atoms with van der Waals surface area (Å²) in [5.41, 5.74) is 8.44. The minimum atomic E-state index is 0.341. The largest absolute Gasteiger partial charge is 0.378 e. The third-order valence-corrected chi connectivity index (χ3v) is 2.94. The Morgan fingerprint density at radius 2 is 2.20 bits per heavy atom. The van der Waals surface area contributed by atoms with E-state index in [0.717, 1.165) is 19.5 Å². The van der Waals surface area contributed by atoms with Crippen LogP contribution in [0.4, 0.5) is 11.4 Å². The molecule has 1 aliphatic heterocycles. The SMILES string of the molecule is CN(C)c1cccc(N2CCC(N)C2)c1. The highest BCUT2D eigenvalue weighted by Gasteiger charge is 2.19. The van der Waals surface area contributed by atoms with Crippen molar-refractivity contribution in [3.8, 4) is 0 Å². The van der Waals surface area contributed by atoms with Crippen LogP contribution in [-0.4, -0.2) is 33.2 Å². The summed E-state index contributed by atoms with van der Waals surface area (Å²) in [5.74, 6) is 0. The van der Waals surface area contributed by atoms with Gasteiger partial charge in [0, 0.05) is 44.6 Å². The monoisotopic (exact) mass is 205 g/mol. The van der Waals surface area contributed by atoms with Gasteiger partial charge in [-0.1, -0.05) is 6.07 Å². The minimum Gasteiger partial charge on any atom is -0.378 e. The van der Waals surface area contributed by atoms with E-state index in [4.69, 9.17) is 5.73 Å². The van der Waals surface area contributed by atoms with Crippen LogP contribution in [0.15, 0.2) is 24.3 Å². The maximum atomic E-state index is 5.91. The molecule has 1 aromatic carbocycles. The van der Waals surface area contributed by atoms with Gasteiger partial charge in [0.05, 0.1) is 0 Å². The van der Waals surface area contributed by atoms with E-state index in [2.05, 4.69) is 48.2 Å². The summed E-state index contributed by atoms with van der Waals surface area (Å²) in [6.07, 6.45) is 1.10. The summed E-state index contributed by atoms with van der Waals surface area (Å²) in [6.45, 7) is 2.06. The Bertz CT molecular complexity index is 335. The van der Waals surface area contributed by atoms with E-state index in [9.17, 15) is 0 Å². The standard InChI is InChI=1S/C12H19N3/c1-14(2)11-4-3-5-12(8-11)15-7-6-10(13)9-15/h3-5,8,10H,6-7,9,13H2,1-2H3. The number of anilines is 2. The van der Waals surface area contributed by atoms with Gasteiger partial charge in [0.25, 0.3) is 0 Å². The van der Waals surface area contributed by atoms with Crippen LogP contribution in [0.2, 0.25) is 0 Å². The zero-order valence-electron chi connectivity index (χ0n) is 9.48. The first kappa shape index (κ1) is 10.3. The van der Waals surface area contributed by atoms with Gasteiger partial charge < -0.3 is 15.5 Å². The fraction of sp³-hybridized carbons (Fsp3) is 0.500. The number of rotatable bonds is 2. The molecule has 1 heterocycles. The molecule has 0 spiro atoms. The zero-order valence-corrected chi connectivity index (χ0v) is 9.48. The first-order valence-corrected chi connectivity index (χ1v) is 5.45. The number of nitrogens with two attached hydrogens (primary N) is 1. The van der Waals surface area contributed by atoms with Crippen molar-refractivity contribution in [3.63, 3.8) is 0 Å². The van der Waals surface area contributed by atoms with Crippen molar-refractivity contribution in [2.24, 2.45) is 5.73 Å². The van der Waals surface area contributed by atoms with Crippen LogP contribution in [0, 0.1) is 0 Å². The summed E-state index contributed by atoms with van der Waals surface area (Å²) >= 11 is 0. The Labute approximate surface area is 91.5 Å². The molecule has 0 saturated carbocycles. The number of benzene rings is 1. The van der Waals surface area contributed by atoms with Gasteiger partial charge in [-0.3, -0.25) is 0 Å². The molecule has 0 aliphatic carbocycles. The number of nitrogens with zero attached hydrogens (tertiary/aromatic N) is 2. The van der Waals surface area contributed by atoms with Gasteiger partial charge in [0.2, 0.25) is 0 Å². The predicted octanol–water partition coefficient (Wildman–Crippen LogP) is 1.29. The van der Waals surface area contributed by atoms with Gasteiger partial charge in [-0.25, -0.2) is 0 Å². The molecule has 3 heteroatoms. The molecular weight excluding hydrogens is 186 g/mol. The molecule has 0 radical (unpaired) electrons. The van der Waals surface area contributed by atoms with Crippen LogP contribution in [0.3, 0.4) is 0 Å². The van der Waals surface area contributed by atoms with Crippen molar-refractivity contribution in [1.29, 1.82) is 0 Å². The normalized spacial score (nSPS) is 20.7. The Morgan fingerprint density at radius 1 is 1.40 bits per heavy atom. The van der Waals surface area contributed by atoms with E-state index >= 15 is 0 Å². The lowest BCUT2D eigenvalue weighted by atomic mass is 10.2. The van der Waals surface area contributed by atoms with E-state index in [1.165, 1.54) is 11.4 Å². The third kappa shape index (κ3) is 2.23. The molecule has 0 bridgehead atoms. The Balaban J connectivity index is 2.18. The van der Waals surface area contributed by atoms with Crippen LogP contribution >= 0.6 is 0 Å². The van der Waals surface area contributed by atoms with E-state index < -0.39 is 0 Å². The molecule has 2 N–H and O–H groups in total. The fourth-order valence-electron chi connectivity index (χ4n) is 1.99. The second-order valence-electron chi connectivity index (χ2n) is 4.41. The maximum absolute atomic E-state index is 5.91. The van der Waals surface area contributed by atoms with Crippen LogP contribution in [0.5, 0.6) is 0 Å². The Morgan fingerprint density at radius 3 is 2.80 bits per heavy atom. The van der Waals surface area contributed by atoms with Gasteiger partial charge in [0.1, 0.15) is 0 Å². The van der Waals surface area contributed by atoms with Crippen LogP contribution < -0.4 is 15.5 Å². The quantitative estimate of drug-likeness (QED) is 0.789. The molecule has 1 atom stereocenters. The molecule has 1 aliphatic rings. The van der Waals surface area contributed by atoms with Crippen LogP contribution in [0.1, 0.15) is 6.42 Å². The van der Waals surface area contributed by atoms with Crippen molar-refractivity contribution >= 4 is 11.4 Å². The Hall–Kier alpha value is -1.22. The van der Waals surface area contributed by atoms with Crippen LogP contribution in [-0.2, 0) is 0 Å². The lowest BCUT2D eigenvalue weighted by Gasteiger charge is -2.20. The number of hydrogen-bond acceptors (Lipinski definition) is 3. The van der Waals surface area contributed by atoms with Crippen LogP contribution in [0.25, 0.3) is 0 Å². The molecule has 3 nitrogen and oxygen atoms in total. The Kier molecular flexibility index (Phi) is 2.82. The lowest BCUT2D eigenvalue weighted by molar-refractivity contribution is 0.752. The molecule has 82 valence electrons. The highest BCUT2D eigenvalue weighted by molar-refractivity contribution is 5.59. The van der Waals surface area contributed by atoms with Gasteiger partial charge in [-0.2, -0.15) is 0 Å². The van der Waals surface area contributed by atoms with Crippen molar-refractivity contribution in [2.75, 3.05) is 37.0 Å². The molecular formula is C12H19N3. The average Bonchev–Trinajstić information content (AvgIpc) is 2.65. The minimum absolute atomic E-state index is 0.341. The molecule has 1 fully saturated rings. The van der Waals surface area contributed by atoms with Crippen molar-refractivity contribution in [2.45, 2.75) is 12.5 Å². The van der Waals surface area contributed by atoms with Gasteiger partial charge in [0.15, 0.2) is 0 Å². The van der Waals surface area contributed by atoms with E-state index in [1.54, 1.807) is 0 Å². The summed E-state index contributed by atoms with van der Waals surface area (Å²) in [7, 11) is 4.13. The molecule has 1 saturated heterocycles. The second kappa shape index (κ2) is 4.11. The van der Waals surface area contributed by atoms with E-state index in [0.29, 0.717) is 6.04 Å². The molecule has 15 heavy (non-hydrogen) atoms. The smallest absolute Gasteiger partial charge is 0.0387 e. The molecule has 2 rings (SSSR count). The second-order valence-corrected chi connectivity index (χ2v) is 4.41. The predicted molar refractivity (Wildman–Crippen MR) is 65.6 cm³/mol. The first-order valence-electron chi connectivity index (χ1n) is 5.45. The highest BCUT2D eigenvalue weighted by Crippen LogP contribution is 2.23. The van der Waals surface area contributed by atoms with Gasteiger partial charge in [-0.15, -0.1) is 0 Å². The number of hydrogen-bond donors (Lipinski definition) is 1. The summed E-state index contributed by atoms with van der Waals surface area (Å²) < 4.78 is 0. The lowest BCUT2D eigenvalue weighted by Crippen LogP contribution is -2.26. The summed E-state index contributed by atoms with van der Waals surface area (Å²) in [5, 5.41) is 0. The van der Waals surface area contributed by atoms with E-state index in [-0.39, 0.29) is 0 Å². The topological polar surface area (TPSA) is 32.5 Å². The molecule has 0 amide bonds. The molecule has 1 unspecified atom stereocenters. The maximum Gasteiger partial charge on any atom is 0.0387 e. The molecule has 1 aromatic rings. The van der Waals surface area contributed by atoms with Crippen molar-refractivity contribution in [3.05, 3.63) is 24.3 Å². The van der Waals surface area contributed by atoms with Crippen molar-refractivity contribution in [1.82, 2.24) is 0 Å². The fourth-order valence-corrected chi connectivity index (χ4v) is 1.99. The zero-order chi connectivity index (χ0) is 10.8. The average molecular weight is 205 g/mol.